The fourth-order valence-electron chi connectivity index (χ4n) is 2.09. The van der Waals surface area contributed by atoms with E-state index in [0.29, 0.717) is 41.1 Å². The minimum absolute atomic E-state index is 0.308. The first-order valence-corrected chi connectivity index (χ1v) is 6.72. The van der Waals surface area contributed by atoms with E-state index in [1.54, 1.807) is 6.92 Å². The third-order valence-electron chi connectivity index (χ3n) is 2.95. The van der Waals surface area contributed by atoms with Crippen LogP contribution in [-0.4, -0.2) is 36.8 Å². The molecule has 0 amide bonds. The highest BCUT2D eigenvalue weighted by Crippen LogP contribution is 2.27. The Morgan fingerprint density at radius 2 is 2.19 bits per heavy atom. The third kappa shape index (κ3) is 2.42. The first-order valence-electron chi connectivity index (χ1n) is 6.28. The summed E-state index contributed by atoms with van der Waals surface area (Å²) in [5.74, 6) is 2.08. The van der Waals surface area contributed by atoms with Crippen molar-refractivity contribution in [3.05, 3.63) is 23.9 Å². The molecule has 0 bridgehead atoms. The van der Waals surface area contributed by atoms with Crippen molar-refractivity contribution in [2.24, 2.45) is 0 Å². The zero-order valence-corrected chi connectivity index (χ0v) is 12.5. The summed E-state index contributed by atoms with van der Waals surface area (Å²) >= 11 is 6.21. The molecule has 3 aromatic heterocycles. The summed E-state index contributed by atoms with van der Waals surface area (Å²) in [6, 6.07) is 0. The Kier molecular flexibility index (Phi) is 3.46. The number of alkyl halides is 1. The van der Waals surface area contributed by atoms with Crippen LogP contribution in [0.1, 0.15) is 29.8 Å². The summed E-state index contributed by atoms with van der Waals surface area (Å²) in [5, 5.41) is 3.58. The number of aromatic nitrogens is 6. The molecule has 3 aromatic rings. The number of rotatable bonds is 4. The lowest BCUT2D eigenvalue weighted by molar-refractivity contribution is 0.386. The molecule has 0 aliphatic heterocycles. The highest BCUT2D eigenvalue weighted by Gasteiger charge is 2.20. The van der Waals surface area contributed by atoms with Gasteiger partial charge in [-0.05, 0) is 6.92 Å². The molecule has 3 rings (SSSR count). The topological polar surface area (TPSA) is 91.8 Å². The molecular weight excluding hydrogens is 296 g/mol. The van der Waals surface area contributed by atoms with Crippen molar-refractivity contribution >= 4 is 22.8 Å². The van der Waals surface area contributed by atoms with E-state index in [0.717, 1.165) is 0 Å². The molecule has 21 heavy (non-hydrogen) atoms. The Bertz CT molecular complexity index is 781. The maximum absolute atomic E-state index is 6.21. The van der Waals surface area contributed by atoms with Crippen molar-refractivity contribution in [2.45, 2.75) is 25.8 Å². The van der Waals surface area contributed by atoms with E-state index in [2.05, 4.69) is 25.1 Å². The highest BCUT2D eigenvalue weighted by molar-refractivity contribution is 6.20. The molecule has 3 heterocycles. The molecule has 1 atom stereocenters. The molecule has 0 aliphatic rings. The number of ether oxygens (including phenoxy) is 1. The van der Waals surface area contributed by atoms with Gasteiger partial charge in [0.2, 0.25) is 11.8 Å². The summed E-state index contributed by atoms with van der Waals surface area (Å²) in [4.78, 5) is 17.0. The van der Waals surface area contributed by atoms with Crippen LogP contribution in [0.4, 0.5) is 0 Å². The van der Waals surface area contributed by atoms with Gasteiger partial charge < -0.3 is 13.8 Å². The molecule has 0 fully saturated rings. The number of nitrogens with zero attached hydrogens (tertiary/aromatic N) is 6. The van der Waals surface area contributed by atoms with Crippen LogP contribution in [0.2, 0.25) is 0 Å². The number of hydrogen-bond acceptors (Lipinski definition) is 7. The second kappa shape index (κ2) is 5.28. The van der Waals surface area contributed by atoms with Crippen LogP contribution in [-0.2, 0) is 6.54 Å². The minimum Gasteiger partial charge on any atom is -0.479 e. The van der Waals surface area contributed by atoms with E-state index in [1.807, 2.05) is 11.5 Å². The maximum Gasteiger partial charge on any atom is 0.245 e. The standard InChI is InChI=1S/C12H13ClN6O2/c1-6(13)10-17-9-11(14-5-15-12(9)20-3)19(10)4-8-16-7(2)21-18-8/h5-6H,4H2,1-3H3. The van der Waals surface area contributed by atoms with Crippen LogP contribution in [0.3, 0.4) is 0 Å². The Hall–Kier alpha value is -2.22. The van der Waals surface area contributed by atoms with Crippen molar-refractivity contribution in [1.82, 2.24) is 29.7 Å². The summed E-state index contributed by atoms with van der Waals surface area (Å²) in [7, 11) is 1.53. The number of imidazole rings is 1. The normalized spacial score (nSPS) is 12.8. The van der Waals surface area contributed by atoms with Gasteiger partial charge in [0.1, 0.15) is 12.2 Å². The molecule has 0 saturated heterocycles. The van der Waals surface area contributed by atoms with Crippen molar-refractivity contribution in [2.75, 3.05) is 7.11 Å². The largest absolute Gasteiger partial charge is 0.479 e. The summed E-state index contributed by atoms with van der Waals surface area (Å²) in [5.41, 5.74) is 1.18. The monoisotopic (exact) mass is 308 g/mol. The maximum atomic E-state index is 6.21. The van der Waals surface area contributed by atoms with Crippen LogP contribution in [0, 0.1) is 6.92 Å². The van der Waals surface area contributed by atoms with Crippen LogP contribution < -0.4 is 4.74 Å². The number of hydrogen-bond donors (Lipinski definition) is 0. The molecule has 1 unspecified atom stereocenters. The van der Waals surface area contributed by atoms with E-state index in [9.17, 15) is 0 Å². The number of aryl methyl sites for hydroxylation is 1. The smallest absolute Gasteiger partial charge is 0.245 e. The molecule has 110 valence electrons. The molecule has 9 heteroatoms. The lowest BCUT2D eigenvalue weighted by Gasteiger charge is -2.07. The predicted molar refractivity (Wildman–Crippen MR) is 74.3 cm³/mol. The SMILES string of the molecule is COc1ncnc2c1nc(C(C)Cl)n2Cc1noc(C)n1. The summed E-state index contributed by atoms with van der Waals surface area (Å²) < 4.78 is 12.0. The van der Waals surface area contributed by atoms with Gasteiger partial charge in [-0.25, -0.2) is 9.97 Å². The van der Waals surface area contributed by atoms with Gasteiger partial charge in [0.05, 0.1) is 19.0 Å². The van der Waals surface area contributed by atoms with Crippen LogP contribution in [0.5, 0.6) is 5.88 Å². The summed E-state index contributed by atoms with van der Waals surface area (Å²) in [6.07, 6.45) is 1.42. The van der Waals surface area contributed by atoms with Gasteiger partial charge in [-0.1, -0.05) is 5.16 Å². The molecule has 0 aliphatic carbocycles. The Morgan fingerprint density at radius 1 is 1.38 bits per heavy atom. The lowest BCUT2D eigenvalue weighted by atomic mass is 10.4. The molecule has 8 nitrogen and oxygen atoms in total. The molecule has 0 aromatic carbocycles. The zero-order chi connectivity index (χ0) is 15.0. The van der Waals surface area contributed by atoms with Gasteiger partial charge in [-0.15, -0.1) is 11.6 Å². The second-order valence-corrected chi connectivity index (χ2v) is 5.11. The van der Waals surface area contributed by atoms with E-state index in [4.69, 9.17) is 20.9 Å². The Balaban J connectivity index is 2.16. The van der Waals surface area contributed by atoms with Crippen LogP contribution >= 0.6 is 11.6 Å². The minimum atomic E-state index is -0.308. The van der Waals surface area contributed by atoms with Gasteiger partial charge in [0.25, 0.3) is 0 Å². The second-order valence-electron chi connectivity index (χ2n) is 4.46. The van der Waals surface area contributed by atoms with Gasteiger partial charge in [0.15, 0.2) is 17.0 Å². The first-order chi connectivity index (χ1) is 10.1. The van der Waals surface area contributed by atoms with Crippen LogP contribution in [0.15, 0.2) is 10.9 Å². The van der Waals surface area contributed by atoms with Gasteiger partial charge in [0, 0.05) is 6.92 Å². The molecule has 0 spiro atoms. The highest BCUT2D eigenvalue weighted by atomic mass is 35.5. The van der Waals surface area contributed by atoms with Gasteiger partial charge in [-0.2, -0.15) is 9.97 Å². The van der Waals surface area contributed by atoms with E-state index in [-0.39, 0.29) is 5.38 Å². The van der Waals surface area contributed by atoms with E-state index < -0.39 is 0 Å². The van der Waals surface area contributed by atoms with Crippen LogP contribution in [0.25, 0.3) is 11.2 Å². The van der Waals surface area contributed by atoms with E-state index in [1.165, 1.54) is 13.4 Å². The quantitative estimate of drug-likeness (QED) is 0.679. The Morgan fingerprint density at radius 3 is 2.81 bits per heavy atom. The number of halogens is 1. The predicted octanol–water partition coefficient (Wildman–Crippen LogP) is 1.87. The van der Waals surface area contributed by atoms with E-state index >= 15 is 0 Å². The van der Waals surface area contributed by atoms with Crippen molar-refractivity contribution in [3.63, 3.8) is 0 Å². The number of methoxy groups -OCH3 is 1. The van der Waals surface area contributed by atoms with Gasteiger partial charge >= 0.3 is 0 Å². The Labute approximate surface area is 125 Å². The average molecular weight is 309 g/mol. The van der Waals surface area contributed by atoms with Crippen molar-refractivity contribution in [3.8, 4) is 5.88 Å². The zero-order valence-electron chi connectivity index (χ0n) is 11.7. The van der Waals surface area contributed by atoms with Gasteiger partial charge in [-0.3, -0.25) is 0 Å². The lowest BCUT2D eigenvalue weighted by Crippen LogP contribution is -2.07. The molecule has 0 N–H and O–H groups in total. The molecule has 0 radical (unpaired) electrons. The molecular formula is C12H13ClN6O2. The third-order valence-corrected chi connectivity index (χ3v) is 3.14. The summed E-state index contributed by atoms with van der Waals surface area (Å²) in [6.45, 7) is 3.93. The average Bonchev–Trinajstić information content (AvgIpc) is 3.03. The fraction of sp³-hybridized carbons (Fsp3) is 0.417. The van der Waals surface area contributed by atoms with Crippen molar-refractivity contribution in [1.29, 1.82) is 0 Å². The number of fused-ring (bicyclic) bond motifs is 1. The molecule has 0 saturated carbocycles. The van der Waals surface area contributed by atoms with Crippen molar-refractivity contribution < 1.29 is 9.26 Å². The first kappa shape index (κ1) is 13.7. The fourth-order valence-corrected chi connectivity index (χ4v) is 2.26.